The van der Waals surface area contributed by atoms with Crippen molar-refractivity contribution in [3.8, 4) is 5.69 Å². The highest BCUT2D eigenvalue weighted by Gasteiger charge is 2.18. The minimum absolute atomic E-state index is 0.0371. The zero-order chi connectivity index (χ0) is 20.9. The van der Waals surface area contributed by atoms with Gasteiger partial charge in [-0.05, 0) is 36.6 Å². The van der Waals surface area contributed by atoms with Crippen LogP contribution < -0.4 is 10.0 Å². The van der Waals surface area contributed by atoms with Crippen molar-refractivity contribution < 1.29 is 13.2 Å². The van der Waals surface area contributed by atoms with Crippen LogP contribution in [0.5, 0.6) is 0 Å². The zero-order valence-electron chi connectivity index (χ0n) is 15.5. The van der Waals surface area contributed by atoms with Crippen LogP contribution in [0.15, 0.2) is 70.8 Å². The van der Waals surface area contributed by atoms with E-state index in [4.69, 9.17) is 11.6 Å². The average Bonchev–Trinajstić information content (AvgIpc) is 3.16. The van der Waals surface area contributed by atoms with Gasteiger partial charge < -0.3 is 5.32 Å². The SMILES string of the molecule is CSc1ncc(C(=O)NCCNS(=O)(=O)c2cccc(Cl)c2)n1-c1ccccc1. The molecule has 2 aromatic carbocycles. The van der Waals surface area contributed by atoms with Crippen LogP contribution in [0.4, 0.5) is 0 Å². The van der Waals surface area contributed by atoms with Crippen molar-refractivity contribution in [2.75, 3.05) is 19.3 Å². The molecule has 0 saturated carbocycles. The Morgan fingerprint density at radius 1 is 1.14 bits per heavy atom. The van der Waals surface area contributed by atoms with Crippen LogP contribution in [0, 0.1) is 0 Å². The third kappa shape index (κ3) is 5.18. The molecule has 1 amide bonds. The van der Waals surface area contributed by atoms with E-state index in [2.05, 4.69) is 15.0 Å². The number of aromatic nitrogens is 2. The molecule has 0 unspecified atom stereocenters. The molecule has 7 nitrogen and oxygen atoms in total. The van der Waals surface area contributed by atoms with Gasteiger partial charge in [-0.3, -0.25) is 9.36 Å². The molecule has 152 valence electrons. The number of rotatable bonds is 8. The molecule has 1 heterocycles. The van der Waals surface area contributed by atoms with Gasteiger partial charge in [-0.1, -0.05) is 47.6 Å². The van der Waals surface area contributed by atoms with Gasteiger partial charge in [0.1, 0.15) is 5.69 Å². The molecule has 10 heteroatoms. The number of benzene rings is 2. The van der Waals surface area contributed by atoms with Crippen LogP contribution in [-0.4, -0.2) is 43.2 Å². The molecule has 0 atom stereocenters. The maximum absolute atomic E-state index is 12.6. The lowest BCUT2D eigenvalue weighted by molar-refractivity contribution is 0.0947. The summed E-state index contributed by atoms with van der Waals surface area (Å²) in [5, 5.41) is 3.74. The fourth-order valence-corrected chi connectivity index (χ4v) is 4.51. The molecule has 0 radical (unpaired) electrons. The standard InChI is InChI=1S/C19H19ClN4O3S2/c1-28-19-22-13-17(24(19)15-7-3-2-4-8-15)18(25)21-10-11-23-29(26,27)16-9-5-6-14(20)12-16/h2-9,12-13,23H,10-11H2,1H3,(H,21,25). The van der Waals surface area contributed by atoms with Gasteiger partial charge in [-0.15, -0.1) is 0 Å². The lowest BCUT2D eigenvalue weighted by Crippen LogP contribution is -2.35. The summed E-state index contributed by atoms with van der Waals surface area (Å²) >= 11 is 7.27. The minimum atomic E-state index is -3.70. The first-order chi connectivity index (χ1) is 13.9. The first-order valence-electron chi connectivity index (χ1n) is 8.63. The molecule has 0 aliphatic heterocycles. The van der Waals surface area contributed by atoms with E-state index in [1.54, 1.807) is 16.7 Å². The number of para-hydroxylation sites is 1. The number of sulfonamides is 1. The van der Waals surface area contributed by atoms with Crippen LogP contribution in [0.2, 0.25) is 5.02 Å². The second-order valence-corrected chi connectivity index (χ2v) is 8.89. The van der Waals surface area contributed by atoms with Crippen molar-refractivity contribution in [2.24, 2.45) is 0 Å². The molecule has 0 spiro atoms. The second-order valence-electron chi connectivity index (χ2n) is 5.91. The number of nitrogens with zero attached hydrogens (tertiary/aromatic N) is 2. The largest absolute Gasteiger partial charge is 0.349 e. The highest BCUT2D eigenvalue weighted by atomic mass is 35.5. The first kappa shape index (κ1) is 21.4. The maximum atomic E-state index is 12.6. The molecule has 0 aliphatic carbocycles. The Labute approximate surface area is 178 Å². The summed E-state index contributed by atoms with van der Waals surface area (Å²) in [5.74, 6) is -0.344. The number of amides is 1. The first-order valence-corrected chi connectivity index (χ1v) is 11.7. The highest BCUT2D eigenvalue weighted by molar-refractivity contribution is 7.98. The van der Waals surface area contributed by atoms with Crippen molar-refractivity contribution in [1.29, 1.82) is 0 Å². The van der Waals surface area contributed by atoms with E-state index < -0.39 is 10.0 Å². The molecule has 3 aromatic rings. The Hall–Kier alpha value is -2.33. The van der Waals surface area contributed by atoms with Gasteiger partial charge in [0.2, 0.25) is 10.0 Å². The van der Waals surface area contributed by atoms with Crippen molar-refractivity contribution in [3.63, 3.8) is 0 Å². The number of carbonyl (C=O) groups is 1. The smallest absolute Gasteiger partial charge is 0.270 e. The molecule has 0 fully saturated rings. The van der Waals surface area contributed by atoms with Crippen LogP contribution in [0.1, 0.15) is 10.5 Å². The second kappa shape index (κ2) is 9.45. The van der Waals surface area contributed by atoms with Crippen molar-refractivity contribution in [3.05, 3.63) is 71.5 Å². The fraction of sp³-hybridized carbons (Fsp3) is 0.158. The molecule has 29 heavy (non-hydrogen) atoms. The van der Waals surface area contributed by atoms with E-state index in [0.29, 0.717) is 15.9 Å². The van der Waals surface area contributed by atoms with E-state index in [1.807, 2.05) is 36.6 Å². The van der Waals surface area contributed by atoms with Crippen LogP contribution >= 0.6 is 23.4 Å². The predicted molar refractivity (Wildman–Crippen MR) is 114 cm³/mol. The molecular formula is C19H19ClN4O3S2. The number of nitrogens with one attached hydrogen (secondary N) is 2. The Morgan fingerprint density at radius 2 is 1.90 bits per heavy atom. The van der Waals surface area contributed by atoms with Gasteiger partial charge in [0.05, 0.1) is 11.1 Å². The van der Waals surface area contributed by atoms with Gasteiger partial charge in [0.15, 0.2) is 5.16 Å². The summed E-state index contributed by atoms with van der Waals surface area (Å²) in [5.41, 5.74) is 1.19. The topological polar surface area (TPSA) is 93.1 Å². The molecule has 3 rings (SSSR count). The Balaban J connectivity index is 1.64. The Kier molecular flexibility index (Phi) is 6.96. The van der Waals surface area contributed by atoms with Gasteiger partial charge in [-0.2, -0.15) is 0 Å². The molecule has 0 aliphatic rings. The molecule has 0 saturated heterocycles. The van der Waals surface area contributed by atoms with Gasteiger partial charge in [0.25, 0.3) is 5.91 Å². The maximum Gasteiger partial charge on any atom is 0.270 e. The predicted octanol–water partition coefficient (Wildman–Crippen LogP) is 2.96. The van der Waals surface area contributed by atoms with E-state index in [1.165, 1.54) is 30.1 Å². The lowest BCUT2D eigenvalue weighted by Gasteiger charge is -2.11. The molecule has 1 aromatic heterocycles. The number of carbonyl (C=O) groups excluding carboxylic acids is 1. The van der Waals surface area contributed by atoms with Crippen LogP contribution in [-0.2, 0) is 10.0 Å². The minimum Gasteiger partial charge on any atom is -0.349 e. The zero-order valence-corrected chi connectivity index (χ0v) is 17.9. The molecular weight excluding hydrogens is 432 g/mol. The van der Waals surface area contributed by atoms with Gasteiger partial charge in [0, 0.05) is 23.8 Å². The Morgan fingerprint density at radius 3 is 2.59 bits per heavy atom. The number of halogens is 1. The van der Waals surface area contributed by atoms with Gasteiger partial charge >= 0.3 is 0 Å². The summed E-state index contributed by atoms with van der Waals surface area (Å²) in [6.07, 6.45) is 3.39. The van der Waals surface area contributed by atoms with Crippen molar-refractivity contribution in [1.82, 2.24) is 19.6 Å². The summed E-state index contributed by atoms with van der Waals surface area (Å²) in [4.78, 5) is 17.0. The van der Waals surface area contributed by atoms with E-state index in [9.17, 15) is 13.2 Å². The normalized spacial score (nSPS) is 11.4. The molecule has 0 bridgehead atoms. The summed E-state index contributed by atoms with van der Waals surface area (Å²) in [7, 11) is -3.70. The third-order valence-corrected chi connectivity index (χ3v) is 6.32. The molecule has 2 N–H and O–H groups in total. The average molecular weight is 451 g/mol. The van der Waals surface area contributed by atoms with Crippen LogP contribution in [0.25, 0.3) is 5.69 Å². The monoisotopic (exact) mass is 450 g/mol. The highest BCUT2D eigenvalue weighted by Crippen LogP contribution is 2.21. The summed E-state index contributed by atoms with van der Waals surface area (Å²) in [6, 6.07) is 15.4. The van der Waals surface area contributed by atoms with Crippen molar-refractivity contribution >= 4 is 39.3 Å². The van der Waals surface area contributed by atoms with Crippen LogP contribution in [0.3, 0.4) is 0 Å². The van der Waals surface area contributed by atoms with E-state index in [-0.39, 0.29) is 23.9 Å². The quantitative estimate of drug-likeness (QED) is 0.406. The fourth-order valence-electron chi connectivity index (χ4n) is 2.64. The number of hydrogen-bond donors (Lipinski definition) is 2. The number of thioether (sulfide) groups is 1. The Bertz CT molecular complexity index is 1100. The van der Waals surface area contributed by atoms with Gasteiger partial charge in [-0.25, -0.2) is 18.1 Å². The summed E-state index contributed by atoms with van der Waals surface area (Å²) in [6.45, 7) is 0.155. The van der Waals surface area contributed by atoms with Crippen molar-refractivity contribution in [2.45, 2.75) is 10.1 Å². The third-order valence-electron chi connectivity index (χ3n) is 3.97. The van der Waals surface area contributed by atoms with E-state index >= 15 is 0 Å². The summed E-state index contributed by atoms with van der Waals surface area (Å²) < 4.78 is 28.8. The number of imidazole rings is 1. The number of hydrogen-bond acceptors (Lipinski definition) is 5. The van der Waals surface area contributed by atoms with E-state index in [0.717, 1.165) is 5.69 Å². The lowest BCUT2D eigenvalue weighted by atomic mass is 10.3.